The Bertz CT molecular complexity index is 688. The maximum atomic E-state index is 12.3. The highest BCUT2D eigenvalue weighted by molar-refractivity contribution is 5.74. The highest BCUT2D eigenvalue weighted by atomic mass is 16.2. The molecule has 0 aliphatic carbocycles. The summed E-state index contributed by atoms with van der Waals surface area (Å²) in [4.78, 5) is 14.2. The summed E-state index contributed by atoms with van der Waals surface area (Å²) in [5, 5.41) is 7.22. The van der Waals surface area contributed by atoms with Crippen LogP contribution in [0, 0.1) is 5.92 Å². The Labute approximate surface area is 142 Å². The maximum absolute atomic E-state index is 12.3. The van der Waals surface area contributed by atoms with Crippen molar-refractivity contribution in [2.24, 2.45) is 18.7 Å². The number of aromatic nitrogens is 2. The van der Waals surface area contributed by atoms with Gasteiger partial charge in [-0.1, -0.05) is 18.2 Å². The van der Waals surface area contributed by atoms with Gasteiger partial charge in [0.05, 0.1) is 6.20 Å². The molecule has 1 aliphatic heterocycles. The molecule has 0 unspecified atom stereocenters. The number of benzene rings is 1. The molecule has 2 amide bonds. The van der Waals surface area contributed by atoms with Crippen LogP contribution in [0.1, 0.15) is 18.4 Å². The van der Waals surface area contributed by atoms with Crippen molar-refractivity contribution in [2.45, 2.75) is 19.4 Å². The molecule has 6 nitrogen and oxygen atoms in total. The molecule has 3 N–H and O–H groups in total. The minimum atomic E-state index is 0.0113. The second kappa shape index (κ2) is 7.49. The third-order valence-corrected chi connectivity index (χ3v) is 4.64. The van der Waals surface area contributed by atoms with Crippen LogP contribution < -0.4 is 11.1 Å². The number of piperidine rings is 1. The number of nitrogens with one attached hydrogen (secondary N) is 1. The van der Waals surface area contributed by atoms with E-state index in [0.29, 0.717) is 12.5 Å². The zero-order valence-corrected chi connectivity index (χ0v) is 14.1. The Balaban J connectivity index is 1.56. The van der Waals surface area contributed by atoms with E-state index in [9.17, 15) is 4.79 Å². The third kappa shape index (κ3) is 3.94. The van der Waals surface area contributed by atoms with E-state index in [-0.39, 0.29) is 6.03 Å². The van der Waals surface area contributed by atoms with Gasteiger partial charge < -0.3 is 16.0 Å². The van der Waals surface area contributed by atoms with E-state index in [1.807, 2.05) is 36.5 Å². The van der Waals surface area contributed by atoms with Crippen LogP contribution >= 0.6 is 0 Å². The van der Waals surface area contributed by atoms with Crippen LogP contribution in [0.25, 0.3) is 11.1 Å². The number of urea groups is 1. The van der Waals surface area contributed by atoms with Crippen molar-refractivity contribution >= 4 is 6.03 Å². The largest absolute Gasteiger partial charge is 0.334 e. The SMILES string of the molecule is Cn1cc(-c2cccc(CNC(=O)N3CCC(CN)CC3)c2)cn1. The Kier molecular flexibility index (Phi) is 5.15. The molecule has 0 atom stereocenters. The van der Waals surface area contributed by atoms with Crippen LogP contribution in [0.15, 0.2) is 36.7 Å². The lowest BCUT2D eigenvalue weighted by Gasteiger charge is -2.31. The molecule has 1 saturated heterocycles. The standard InChI is InChI=1S/C18H25N5O/c1-22-13-17(12-21-22)16-4-2-3-15(9-16)11-20-18(24)23-7-5-14(10-19)6-8-23/h2-4,9,12-14H,5-8,10-11,19H2,1H3,(H,20,24). The Morgan fingerprint density at radius 1 is 1.33 bits per heavy atom. The molecule has 24 heavy (non-hydrogen) atoms. The van der Waals surface area contributed by atoms with Crippen molar-refractivity contribution in [3.8, 4) is 11.1 Å². The van der Waals surface area contributed by atoms with Gasteiger partial charge >= 0.3 is 6.03 Å². The van der Waals surface area contributed by atoms with Crippen LogP contribution in [0.4, 0.5) is 4.79 Å². The molecule has 1 aliphatic rings. The minimum absolute atomic E-state index is 0.0113. The molecule has 0 bridgehead atoms. The smallest absolute Gasteiger partial charge is 0.317 e. The lowest BCUT2D eigenvalue weighted by atomic mass is 9.97. The number of amides is 2. The van der Waals surface area contributed by atoms with Crippen molar-refractivity contribution < 1.29 is 4.79 Å². The molecule has 3 rings (SSSR count). The molecular formula is C18H25N5O. The molecular weight excluding hydrogens is 302 g/mol. The van der Waals surface area contributed by atoms with Crippen molar-refractivity contribution in [3.63, 3.8) is 0 Å². The summed E-state index contributed by atoms with van der Waals surface area (Å²) >= 11 is 0. The Morgan fingerprint density at radius 2 is 2.12 bits per heavy atom. The van der Waals surface area contributed by atoms with Gasteiger partial charge in [-0.2, -0.15) is 5.10 Å². The fourth-order valence-corrected chi connectivity index (χ4v) is 3.09. The molecule has 1 aromatic heterocycles. The van der Waals surface area contributed by atoms with Gasteiger partial charge in [0.2, 0.25) is 0 Å². The predicted octanol–water partition coefficient (Wildman–Crippen LogP) is 1.97. The van der Waals surface area contributed by atoms with Gasteiger partial charge in [-0.25, -0.2) is 4.79 Å². The number of likely N-dealkylation sites (tertiary alicyclic amines) is 1. The van der Waals surface area contributed by atoms with Gasteiger partial charge in [0.15, 0.2) is 0 Å². The molecule has 2 heterocycles. The molecule has 0 spiro atoms. The van der Waals surface area contributed by atoms with E-state index in [1.165, 1.54) is 0 Å². The molecule has 2 aromatic rings. The Hall–Kier alpha value is -2.34. The molecule has 1 aromatic carbocycles. The summed E-state index contributed by atoms with van der Waals surface area (Å²) in [7, 11) is 1.90. The normalized spacial score (nSPS) is 15.5. The molecule has 0 saturated carbocycles. The van der Waals surface area contributed by atoms with Gasteiger partial charge in [0, 0.05) is 38.4 Å². The summed E-state index contributed by atoms with van der Waals surface area (Å²) in [5.74, 6) is 0.560. The van der Waals surface area contributed by atoms with Crippen LogP contribution in [0.5, 0.6) is 0 Å². The fraction of sp³-hybridized carbons (Fsp3) is 0.444. The first-order chi connectivity index (χ1) is 11.7. The predicted molar refractivity (Wildman–Crippen MR) is 94.2 cm³/mol. The second-order valence-corrected chi connectivity index (χ2v) is 6.43. The average molecular weight is 327 g/mol. The summed E-state index contributed by atoms with van der Waals surface area (Å²) < 4.78 is 1.79. The summed E-state index contributed by atoms with van der Waals surface area (Å²) in [6.45, 7) is 2.84. The van der Waals surface area contributed by atoms with Crippen LogP contribution in [-0.2, 0) is 13.6 Å². The summed E-state index contributed by atoms with van der Waals surface area (Å²) in [6, 6.07) is 8.20. The van der Waals surface area contributed by atoms with Crippen LogP contribution in [0.2, 0.25) is 0 Å². The van der Waals surface area contributed by atoms with Gasteiger partial charge in [0.25, 0.3) is 0 Å². The lowest BCUT2D eigenvalue weighted by Crippen LogP contribution is -2.45. The molecule has 128 valence electrons. The number of hydrogen-bond donors (Lipinski definition) is 2. The number of nitrogens with two attached hydrogens (primary N) is 1. The summed E-state index contributed by atoms with van der Waals surface area (Å²) in [6.07, 6.45) is 5.83. The molecule has 6 heteroatoms. The van der Waals surface area contributed by atoms with Crippen molar-refractivity contribution in [1.82, 2.24) is 20.0 Å². The highest BCUT2D eigenvalue weighted by Gasteiger charge is 2.21. The van der Waals surface area contributed by atoms with Crippen LogP contribution in [0.3, 0.4) is 0 Å². The van der Waals surface area contributed by atoms with Gasteiger partial charge in [-0.3, -0.25) is 4.68 Å². The number of carbonyl (C=O) groups is 1. The zero-order chi connectivity index (χ0) is 16.9. The monoisotopic (exact) mass is 327 g/mol. The van der Waals surface area contributed by atoms with Gasteiger partial charge in [-0.05, 0) is 42.5 Å². The number of nitrogens with zero attached hydrogens (tertiary/aromatic N) is 3. The van der Waals surface area contributed by atoms with Crippen LogP contribution in [-0.4, -0.2) is 40.3 Å². The first-order valence-electron chi connectivity index (χ1n) is 8.46. The number of hydrogen-bond acceptors (Lipinski definition) is 3. The van der Waals surface area contributed by atoms with E-state index in [2.05, 4.69) is 22.5 Å². The van der Waals surface area contributed by atoms with Gasteiger partial charge in [0.1, 0.15) is 0 Å². The number of rotatable bonds is 4. The minimum Gasteiger partial charge on any atom is -0.334 e. The van der Waals surface area contributed by atoms with Gasteiger partial charge in [-0.15, -0.1) is 0 Å². The summed E-state index contributed by atoms with van der Waals surface area (Å²) in [5.41, 5.74) is 8.97. The van der Waals surface area contributed by atoms with Crippen molar-refractivity contribution in [1.29, 1.82) is 0 Å². The fourth-order valence-electron chi connectivity index (χ4n) is 3.09. The second-order valence-electron chi connectivity index (χ2n) is 6.43. The first kappa shape index (κ1) is 16.5. The lowest BCUT2D eigenvalue weighted by molar-refractivity contribution is 0.171. The highest BCUT2D eigenvalue weighted by Crippen LogP contribution is 2.20. The molecule has 1 fully saturated rings. The maximum Gasteiger partial charge on any atom is 0.317 e. The zero-order valence-electron chi connectivity index (χ0n) is 14.1. The first-order valence-corrected chi connectivity index (χ1v) is 8.46. The van der Waals surface area contributed by atoms with E-state index < -0.39 is 0 Å². The van der Waals surface area contributed by atoms with E-state index >= 15 is 0 Å². The van der Waals surface area contributed by atoms with Crippen molar-refractivity contribution in [2.75, 3.05) is 19.6 Å². The number of aryl methyl sites for hydroxylation is 1. The van der Waals surface area contributed by atoms with E-state index in [0.717, 1.165) is 49.2 Å². The Morgan fingerprint density at radius 3 is 2.79 bits per heavy atom. The quantitative estimate of drug-likeness (QED) is 0.901. The third-order valence-electron chi connectivity index (χ3n) is 4.64. The number of carbonyl (C=O) groups excluding carboxylic acids is 1. The van der Waals surface area contributed by atoms with Crippen molar-refractivity contribution in [3.05, 3.63) is 42.2 Å². The topological polar surface area (TPSA) is 76.2 Å². The average Bonchev–Trinajstić information content (AvgIpc) is 3.06. The van der Waals surface area contributed by atoms with E-state index in [1.54, 1.807) is 4.68 Å². The molecule has 0 radical (unpaired) electrons. The van der Waals surface area contributed by atoms with E-state index in [4.69, 9.17) is 5.73 Å².